The number of aromatic nitrogens is 1. The molecule has 2 aromatic carbocycles. The molecule has 1 aromatic heterocycles. The third kappa shape index (κ3) is 2.57. The van der Waals surface area contributed by atoms with Crippen LogP contribution >= 0.6 is 27.5 Å². The van der Waals surface area contributed by atoms with Gasteiger partial charge in [0.15, 0.2) is 0 Å². The van der Waals surface area contributed by atoms with Gasteiger partial charge in [-0.2, -0.15) is 0 Å². The highest BCUT2D eigenvalue weighted by Gasteiger charge is 2.19. The highest BCUT2D eigenvalue weighted by Crippen LogP contribution is 2.39. The van der Waals surface area contributed by atoms with Gasteiger partial charge in [0.05, 0.1) is 5.56 Å². The van der Waals surface area contributed by atoms with E-state index in [2.05, 4.69) is 21.1 Å². The van der Waals surface area contributed by atoms with E-state index < -0.39 is 0 Å². The summed E-state index contributed by atoms with van der Waals surface area (Å²) in [6, 6.07) is 13.4. The predicted octanol–water partition coefficient (Wildman–Crippen LogP) is 5.32. The van der Waals surface area contributed by atoms with Crippen LogP contribution in [0, 0.1) is 6.92 Å². The molecular weight excluding hydrogens is 352 g/mol. The van der Waals surface area contributed by atoms with E-state index in [1.54, 1.807) is 0 Å². The van der Waals surface area contributed by atoms with Crippen LogP contribution in [0.25, 0.3) is 22.4 Å². The van der Waals surface area contributed by atoms with Crippen LogP contribution in [0.4, 0.5) is 5.88 Å². The van der Waals surface area contributed by atoms with E-state index in [0.717, 1.165) is 32.4 Å². The Morgan fingerprint density at radius 3 is 2.57 bits per heavy atom. The maximum Gasteiger partial charge on any atom is 0.230 e. The fourth-order valence-corrected chi connectivity index (χ4v) is 2.74. The van der Waals surface area contributed by atoms with Crippen molar-refractivity contribution in [3.05, 3.63) is 57.5 Å². The number of nitrogens with zero attached hydrogens (tertiary/aromatic N) is 1. The van der Waals surface area contributed by atoms with Gasteiger partial charge in [0.25, 0.3) is 0 Å². The van der Waals surface area contributed by atoms with Crippen LogP contribution in [0.3, 0.4) is 0 Å². The van der Waals surface area contributed by atoms with Crippen LogP contribution < -0.4 is 5.73 Å². The van der Waals surface area contributed by atoms with Crippen molar-refractivity contribution in [2.24, 2.45) is 0 Å². The van der Waals surface area contributed by atoms with Crippen molar-refractivity contribution in [3.8, 4) is 22.4 Å². The smallest absolute Gasteiger partial charge is 0.230 e. The fraction of sp³-hybridized carbons (Fsp3) is 0.0625. The summed E-state index contributed by atoms with van der Waals surface area (Å²) in [7, 11) is 0. The van der Waals surface area contributed by atoms with Crippen LogP contribution in [0.2, 0.25) is 5.02 Å². The molecule has 1 heterocycles. The molecule has 0 saturated carbocycles. The monoisotopic (exact) mass is 362 g/mol. The van der Waals surface area contributed by atoms with E-state index in [0.29, 0.717) is 10.9 Å². The summed E-state index contributed by atoms with van der Waals surface area (Å²) in [6.45, 7) is 2.02. The van der Waals surface area contributed by atoms with E-state index in [-0.39, 0.29) is 0 Å². The maximum atomic E-state index is 5.96. The topological polar surface area (TPSA) is 52.0 Å². The second-order valence-electron chi connectivity index (χ2n) is 4.69. The number of anilines is 1. The molecule has 21 heavy (non-hydrogen) atoms. The van der Waals surface area contributed by atoms with E-state index in [1.807, 2.05) is 49.4 Å². The third-order valence-corrected chi connectivity index (χ3v) is 4.49. The summed E-state index contributed by atoms with van der Waals surface area (Å²) >= 11 is 9.47. The molecule has 0 unspecified atom stereocenters. The Bertz CT molecular complexity index is 797. The average Bonchev–Trinajstić information content (AvgIpc) is 2.85. The molecule has 0 spiro atoms. The van der Waals surface area contributed by atoms with Gasteiger partial charge in [0, 0.05) is 15.1 Å². The number of rotatable bonds is 2. The number of hydrogen-bond acceptors (Lipinski definition) is 3. The summed E-state index contributed by atoms with van der Waals surface area (Å²) < 4.78 is 6.23. The van der Waals surface area contributed by atoms with Crippen LogP contribution in [0.15, 0.2) is 51.5 Å². The maximum absolute atomic E-state index is 5.96. The zero-order valence-corrected chi connectivity index (χ0v) is 13.6. The highest BCUT2D eigenvalue weighted by atomic mass is 79.9. The number of hydrogen-bond donors (Lipinski definition) is 1. The number of benzene rings is 2. The van der Waals surface area contributed by atoms with Crippen molar-refractivity contribution < 1.29 is 4.52 Å². The second-order valence-corrected chi connectivity index (χ2v) is 5.98. The van der Waals surface area contributed by atoms with Gasteiger partial charge in [0.1, 0.15) is 5.69 Å². The number of halogens is 2. The van der Waals surface area contributed by atoms with Gasteiger partial charge in [-0.15, -0.1) is 0 Å². The zero-order chi connectivity index (χ0) is 15.0. The van der Waals surface area contributed by atoms with Gasteiger partial charge < -0.3 is 10.3 Å². The minimum absolute atomic E-state index is 0.298. The Morgan fingerprint density at radius 2 is 1.86 bits per heavy atom. The quantitative estimate of drug-likeness (QED) is 0.671. The van der Waals surface area contributed by atoms with Crippen molar-refractivity contribution in [1.29, 1.82) is 0 Å². The van der Waals surface area contributed by atoms with Gasteiger partial charge in [0.2, 0.25) is 5.88 Å². The molecule has 0 atom stereocenters. The summed E-state index contributed by atoms with van der Waals surface area (Å²) in [5, 5.41) is 4.81. The molecule has 0 radical (unpaired) electrons. The first kappa shape index (κ1) is 14.2. The first-order valence-corrected chi connectivity index (χ1v) is 7.51. The van der Waals surface area contributed by atoms with Gasteiger partial charge in [-0.1, -0.05) is 57.0 Å². The van der Waals surface area contributed by atoms with Gasteiger partial charge in [-0.25, -0.2) is 0 Å². The molecule has 0 amide bonds. The first-order valence-electron chi connectivity index (χ1n) is 6.34. The minimum atomic E-state index is 0.298. The molecule has 0 aliphatic heterocycles. The van der Waals surface area contributed by atoms with E-state index in [4.69, 9.17) is 21.9 Å². The lowest BCUT2D eigenvalue weighted by molar-refractivity contribution is 0.439. The number of nitrogens with two attached hydrogens (primary N) is 1. The summed E-state index contributed by atoms with van der Waals surface area (Å²) in [4.78, 5) is 0. The molecule has 0 saturated heterocycles. The van der Waals surface area contributed by atoms with Crippen LogP contribution in [-0.2, 0) is 0 Å². The lowest BCUT2D eigenvalue weighted by Crippen LogP contribution is -1.90. The lowest BCUT2D eigenvalue weighted by atomic mass is 9.98. The molecular formula is C16H12BrClN2O. The minimum Gasteiger partial charge on any atom is -0.367 e. The Balaban J connectivity index is 2.22. The second kappa shape index (κ2) is 5.54. The normalized spacial score (nSPS) is 10.8. The van der Waals surface area contributed by atoms with Crippen molar-refractivity contribution in [1.82, 2.24) is 5.16 Å². The molecule has 3 aromatic rings. The first-order chi connectivity index (χ1) is 10.1. The Hall–Kier alpha value is -1.78. The molecule has 0 bridgehead atoms. The largest absolute Gasteiger partial charge is 0.367 e. The summed E-state index contributed by atoms with van der Waals surface area (Å²) in [5.41, 5.74) is 10.5. The zero-order valence-electron chi connectivity index (χ0n) is 11.2. The average molecular weight is 364 g/mol. The molecule has 0 aliphatic carbocycles. The van der Waals surface area contributed by atoms with Crippen molar-refractivity contribution in [2.45, 2.75) is 6.92 Å². The molecule has 0 fully saturated rings. The van der Waals surface area contributed by atoms with Crippen molar-refractivity contribution >= 4 is 33.4 Å². The van der Waals surface area contributed by atoms with Gasteiger partial charge in [-0.3, -0.25) is 0 Å². The number of nitrogen functional groups attached to an aromatic ring is 1. The van der Waals surface area contributed by atoms with Crippen LogP contribution in [0.1, 0.15) is 5.56 Å². The Morgan fingerprint density at radius 1 is 1.14 bits per heavy atom. The molecule has 3 nitrogen and oxygen atoms in total. The lowest BCUT2D eigenvalue weighted by Gasteiger charge is -2.07. The van der Waals surface area contributed by atoms with Crippen molar-refractivity contribution in [3.63, 3.8) is 0 Å². The molecule has 0 aliphatic rings. The molecule has 106 valence electrons. The molecule has 3 rings (SSSR count). The molecule has 2 N–H and O–H groups in total. The Kier molecular flexibility index (Phi) is 3.74. The standard InChI is InChI=1S/C16H12BrClN2O/c1-9-12(3-2-4-13(9)17)15-14(16(19)21-20-15)10-5-7-11(18)8-6-10/h2-8H,19H2,1H3. The van der Waals surface area contributed by atoms with Crippen molar-refractivity contribution in [2.75, 3.05) is 5.73 Å². The van der Waals surface area contributed by atoms with E-state index in [9.17, 15) is 0 Å². The molecule has 5 heteroatoms. The Labute approximate surface area is 135 Å². The van der Waals surface area contributed by atoms with Gasteiger partial charge >= 0.3 is 0 Å². The SMILES string of the molecule is Cc1c(Br)cccc1-c1noc(N)c1-c1ccc(Cl)cc1. The summed E-state index contributed by atoms with van der Waals surface area (Å²) in [6.07, 6.45) is 0. The van der Waals surface area contributed by atoms with Crippen LogP contribution in [0.5, 0.6) is 0 Å². The highest BCUT2D eigenvalue weighted by molar-refractivity contribution is 9.10. The van der Waals surface area contributed by atoms with E-state index in [1.165, 1.54) is 0 Å². The van der Waals surface area contributed by atoms with Crippen LogP contribution in [-0.4, -0.2) is 5.16 Å². The third-order valence-electron chi connectivity index (χ3n) is 3.37. The van der Waals surface area contributed by atoms with Gasteiger partial charge in [-0.05, 0) is 36.2 Å². The van der Waals surface area contributed by atoms with E-state index >= 15 is 0 Å². The summed E-state index contributed by atoms with van der Waals surface area (Å²) in [5.74, 6) is 0.298. The predicted molar refractivity (Wildman–Crippen MR) is 89.2 cm³/mol. The fourth-order valence-electron chi connectivity index (χ4n) is 2.25.